The maximum atomic E-state index is 12.0. The van der Waals surface area contributed by atoms with Crippen LogP contribution in [0, 0.1) is 0 Å². The van der Waals surface area contributed by atoms with E-state index in [4.69, 9.17) is 44.9 Å². The lowest BCUT2D eigenvalue weighted by Gasteiger charge is -2.11. The second-order valence-corrected chi connectivity index (χ2v) is 6.91. The second kappa shape index (κ2) is 11.5. The first kappa shape index (κ1) is 22.0. The van der Waals surface area contributed by atoms with E-state index >= 15 is 0 Å². The Morgan fingerprint density at radius 3 is 2.57 bits per heavy atom. The average Bonchev–Trinajstić information content (AvgIpc) is 2.66. The number of ether oxygens (including phenoxy) is 2. The standard InChI is InChI=1S/C20H20Cl2N2O3S/c1-2-11-26-16-8-6-15(7-9-16)23-20(28)24-19(25)4-3-12-27-18-10-5-14(21)13-17(18)22/h2,5-10,13H,1,3-4,11-12H2,(H2,23,24,25,28). The van der Waals surface area contributed by atoms with Gasteiger partial charge in [-0.25, -0.2) is 0 Å². The third-order valence-electron chi connectivity index (χ3n) is 3.43. The molecular weight excluding hydrogens is 419 g/mol. The predicted molar refractivity (Wildman–Crippen MR) is 118 cm³/mol. The van der Waals surface area contributed by atoms with Gasteiger partial charge in [-0.15, -0.1) is 0 Å². The van der Waals surface area contributed by atoms with Crippen LogP contribution >= 0.6 is 35.4 Å². The maximum absolute atomic E-state index is 12.0. The zero-order chi connectivity index (χ0) is 20.4. The van der Waals surface area contributed by atoms with Gasteiger partial charge in [-0.2, -0.15) is 0 Å². The third-order valence-corrected chi connectivity index (χ3v) is 4.17. The van der Waals surface area contributed by atoms with Crippen molar-refractivity contribution >= 4 is 52.1 Å². The molecule has 0 heterocycles. The molecule has 0 bridgehead atoms. The van der Waals surface area contributed by atoms with Crippen molar-refractivity contribution in [2.24, 2.45) is 0 Å². The summed E-state index contributed by atoms with van der Waals surface area (Å²) in [7, 11) is 0. The molecule has 2 N–H and O–H groups in total. The average molecular weight is 439 g/mol. The number of anilines is 1. The van der Waals surface area contributed by atoms with Gasteiger partial charge in [-0.1, -0.05) is 35.9 Å². The highest BCUT2D eigenvalue weighted by Gasteiger charge is 2.07. The number of hydrogen-bond donors (Lipinski definition) is 2. The van der Waals surface area contributed by atoms with E-state index in [0.29, 0.717) is 35.4 Å². The largest absolute Gasteiger partial charge is 0.492 e. The lowest BCUT2D eigenvalue weighted by atomic mass is 10.3. The zero-order valence-corrected chi connectivity index (χ0v) is 17.4. The van der Waals surface area contributed by atoms with Crippen molar-refractivity contribution in [3.05, 3.63) is 65.2 Å². The number of thiocarbonyl (C=S) groups is 1. The van der Waals surface area contributed by atoms with Crippen LogP contribution in [0.1, 0.15) is 12.8 Å². The summed E-state index contributed by atoms with van der Waals surface area (Å²) in [5.41, 5.74) is 0.747. The van der Waals surface area contributed by atoms with Crippen LogP contribution in [-0.4, -0.2) is 24.2 Å². The molecule has 28 heavy (non-hydrogen) atoms. The Kier molecular flexibility index (Phi) is 9.07. The van der Waals surface area contributed by atoms with E-state index in [1.807, 2.05) is 0 Å². The fourth-order valence-corrected chi connectivity index (χ4v) is 2.84. The Morgan fingerprint density at radius 2 is 1.89 bits per heavy atom. The van der Waals surface area contributed by atoms with Gasteiger partial charge in [0, 0.05) is 17.1 Å². The first-order valence-electron chi connectivity index (χ1n) is 8.50. The van der Waals surface area contributed by atoms with Crippen LogP contribution in [0.25, 0.3) is 0 Å². The molecular formula is C20H20Cl2N2O3S. The maximum Gasteiger partial charge on any atom is 0.226 e. The first-order valence-corrected chi connectivity index (χ1v) is 9.67. The molecule has 0 spiro atoms. The fourth-order valence-electron chi connectivity index (χ4n) is 2.15. The number of carbonyl (C=O) groups is 1. The number of rotatable bonds is 9. The molecule has 2 rings (SSSR count). The summed E-state index contributed by atoms with van der Waals surface area (Å²) in [6, 6.07) is 12.2. The Labute approximate surface area is 179 Å². The van der Waals surface area contributed by atoms with Crippen molar-refractivity contribution in [2.45, 2.75) is 12.8 Å². The van der Waals surface area contributed by atoms with Gasteiger partial charge in [-0.05, 0) is 61.1 Å². The SMILES string of the molecule is C=CCOc1ccc(NC(=S)NC(=O)CCCOc2ccc(Cl)cc2Cl)cc1. The Balaban J connectivity index is 1.67. The number of benzene rings is 2. The molecule has 0 saturated carbocycles. The molecule has 8 heteroatoms. The highest BCUT2D eigenvalue weighted by Crippen LogP contribution is 2.27. The second-order valence-electron chi connectivity index (χ2n) is 5.65. The first-order chi connectivity index (χ1) is 13.5. The van der Waals surface area contributed by atoms with E-state index in [2.05, 4.69) is 17.2 Å². The van der Waals surface area contributed by atoms with Crippen molar-refractivity contribution in [3.8, 4) is 11.5 Å². The van der Waals surface area contributed by atoms with E-state index in [1.165, 1.54) is 0 Å². The van der Waals surface area contributed by atoms with Crippen LogP contribution in [-0.2, 0) is 4.79 Å². The van der Waals surface area contributed by atoms with E-state index in [0.717, 1.165) is 11.4 Å². The van der Waals surface area contributed by atoms with Crippen molar-refractivity contribution in [1.82, 2.24) is 5.32 Å². The lowest BCUT2D eigenvalue weighted by Crippen LogP contribution is -2.34. The van der Waals surface area contributed by atoms with Gasteiger partial charge in [-0.3, -0.25) is 4.79 Å². The summed E-state index contributed by atoms with van der Waals surface area (Å²) in [4.78, 5) is 12.0. The number of nitrogens with one attached hydrogen (secondary N) is 2. The summed E-state index contributed by atoms with van der Waals surface area (Å²) in [5, 5.41) is 6.78. The number of amides is 1. The summed E-state index contributed by atoms with van der Waals surface area (Å²) in [5.74, 6) is 1.06. The summed E-state index contributed by atoms with van der Waals surface area (Å²) >= 11 is 17.0. The molecule has 0 aliphatic rings. The van der Waals surface area contributed by atoms with E-state index in [-0.39, 0.29) is 17.4 Å². The van der Waals surface area contributed by atoms with Crippen molar-refractivity contribution in [1.29, 1.82) is 0 Å². The molecule has 0 atom stereocenters. The van der Waals surface area contributed by atoms with Gasteiger partial charge >= 0.3 is 0 Å². The number of hydrogen-bond acceptors (Lipinski definition) is 4. The quantitative estimate of drug-likeness (QED) is 0.318. The molecule has 1 amide bonds. The number of carbonyl (C=O) groups excluding carboxylic acids is 1. The summed E-state index contributed by atoms with van der Waals surface area (Å²) in [6.45, 7) is 4.38. The normalized spacial score (nSPS) is 10.1. The minimum absolute atomic E-state index is 0.200. The molecule has 148 valence electrons. The van der Waals surface area contributed by atoms with Crippen LogP contribution < -0.4 is 20.1 Å². The smallest absolute Gasteiger partial charge is 0.226 e. The van der Waals surface area contributed by atoms with Gasteiger partial charge < -0.3 is 20.1 Å². The predicted octanol–water partition coefficient (Wildman–Crippen LogP) is 5.23. The minimum Gasteiger partial charge on any atom is -0.492 e. The zero-order valence-electron chi connectivity index (χ0n) is 15.0. The molecule has 5 nitrogen and oxygen atoms in total. The molecule has 2 aromatic carbocycles. The van der Waals surface area contributed by atoms with E-state index in [9.17, 15) is 4.79 Å². The number of halogens is 2. The van der Waals surface area contributed by atoms with Crippen LogP contribution in [0.3, 0.4) is 0 Å². The fraction of sp³-hybridized carbons (Fsp3) is 0.200. The Hall–Kier alpha value is -2.28. The molecule has 2 aromatic rings. The third kappa shape index (κ3) is 7.76. The highest BCUT2D eigenvalue weighted by molar-refractivity contribution is 7.80. The highest BCUT2D eigenvalue weighted by atomic mass is 35.5. The van der Waals surface area contributed by atoms with Gasteiger partial charge in [0.1, 0.15) is 18.1 Å². The van der Waals surface area contributed by atoms with Crippen molar-refractivity contribution in [3.63, 3.8) is 0 Å². The molecule has 0 fully saturated rings. The molecule has 0 unspecified atom stereocenters. The molecule has 0 saturated heterocycles. The van der Waals surface area contributed by atoms with Crippen LogP contribution in [0.4, 0.5) is 5.69 Å². The molecule has 0 aromatic heterocycles. The van der Waals surface area contributed by atoms with Crippen molar-refractivity contribution < 1.29 is 14.3 Å². The lowest BCUT2D eigenvalue weighted by molar-refractivity contribution is -0.119. The molecule has 0 aliphatic carbocycles. The van der Waals surface area contributed by atoms with Crippen LogP contribution in [0.5, 0.6) is 11.5 Å². The Bertz CT molecular complexity index is 829. The Morgan fingerprint density at radius 1 is 1.14 bits per heavy atom. The van der Waals surface area contributed by atoms with Gasteiger partial charge in [0.05, 0.1) is 11.6 Å². The van der Waals surface area contributed by atoms with Crippen molar-refractivity contribution in [2.75, 3.05) is 18.5 Å². The summed E-state index contributed by atoms with van der Waals surface area (Å²) in [6.07, 6.45) is 2.45. The van der Waals surface area contributed by atoms with Gasteiger partial charge in [0.15, 0.2) is 5.11 Å². The summed E-state index contributed by atoms with van der Waals surface area (Å²) < 4.78 is 10.9. The van der Waals surface area contributed by atoms with Gasteiger partial charge in [0.25, 0.3) is 0 Å². The van der Waals surface area contributed by atoms with Crippen LogP contribution in [0.15, 0.2) is 55.1 Å². The van der Waals surface area contributed by atoms with E-state index < -0.39 is 0 Å². The topological polar surface area (TPSA) is 59.6 Å². The van der Waals surface area contributed by atoms with E-state index in [1.54, 1.807) is 48.5 Å². The minimum atomic E-state index is -0.200. The molecule has 0 aliphatic heterocycles. The monoisotopic (exact) mass is 438 g/mol. The van der Waals surface area contributed by atoms with Gasteiger partial charge in [0.2, 0.25) is 5.91 Å². The molecule has 0 radical (unpaired) electrons. The van der Waals surface area contributed by atoms with Crippen LogP contribution in [0.2, 0.25) is 10.0 Å².